The Bertz CT molecular complexity index is 795. The van der Waals surface area contributed by atoms with Gasteiger partial charge in [-0.05, 0) is 25.1 Å². The molecule has 3 rings (SSSR count). The van der Waals surface area contributed by atoms with Crippen molar-refractivity contribution in [1.82, 2.24) is 4.90 Å². The van der Waals surface area contributed by atoms with Gasteiger partial charge >= 0.3 is 0 Å². The van der Waals surface area contributed by atoms with E-state index < -0.39 is 15.9 Å². The highest BCUT2D eigenvalue weighted by Crippen LogP contribution is 2.30. The summed E-state index contributed by atoms with van der Waals surface area (Å²) in [6.45, 7) is 3.17. The summed E-state index contributed by atoms with van der Waals surface area (Å²) in [6, 6.07) is 4.24. The van der Waals surface area contributed by atoms with Gasteiger partial charge in [-0.2, -0.15) is 0 Å². The van der Waals surface area contributed by atoms with Crippen molar-refractivity contribution in [1.29, 1.82) is 0 Å². The lowest BCUT2D eigenvalue weighted by Gasteiger charge is -2.31. The summed E-state index contributed by atoms with van der Waals surface area (Å²) in [7, 11) is -3.68. The maximum atomic E-state index is 12.7. The molecule has 0 aliphatic carbocycles. The lowest BCUT2D eigenvalue weighted by molar-refractivity contribution is -0.116. The lowest BCUT2D eigenvalue weighted by atomic mass is 10.1. The number of carbonyl (C=O) groups is 2. The van der Waals surface area contributed by atoms with E-state index in [4.69, 9.17) is 16.3 Å². The van der Waals surface area contributed by atoms with E-state index in [1.54, 1.807) is 4.90 Å². The molecule has 7 nitrogen and oxygen atoms in total. The molecule has 0 saturated carbocycles. The maximum absolute atomic E-state index is 12.7. The Morgan fingerprint density at radius 2 is 2.12 bits per heavy atom. The zero-order valence-corrected chi connectivity index (χ0v) is 14.6. The summed E-state index contributed by atoms with van der Waals surface area (Å²) in [5, 5.41) is 0.215. The average molecular weight is 373 g/mol. The van der Waals surface area contributed by atoms with Gasteiger partial charge in [0.05, 0.1) is 34.7 Å². The third kappa shape index (κ3) is 3.13. The van der Waals surface area contributed by atoms with Crippen molar-refractivity contribution in [2.24, 2.45) is 0 Å². The van der Waals surface area contributed by atoms with Crippen LogP contribution in [0.25, 0.3) is 0 Å². The number of benzene rings is 1. The predicted molar refractivity (Wildman–Crippen MR) is 88.7 cm³/mol. The molecule has 2 aliphatic heterocycles. The Labute approximate surface area is 145 Å². The first-order valence-electron chi connectivity index (χ1n) is 7.56. The Morgan fingerprint density at radius 3 is 2.75 bits per heavy atom. The van der Waals surface area contributed by atoms with E-state index in [1.807, 2.05) is 6.92 Å². The quantitative estimate of drug-likeness (QED) is 0.780. The van der Waals surface area contributed by atoms with E-state index in [2.05, 4.69) is 0 Å². The van der Waals surface area contributed by atoms with E-state index in [9.17, 15) is 18.0 Å². The van der Waals surface area contributed by atoms with E-state index in [1.165, 1.54) is 18.2 Å². The van der Waals surface area contributed by atoms with Crippen LogP contribution in [0, 0.1) is 0 Å². The molecule has 2 fully saturated rings. The predicted octanol–water partition coefficient (Wildman–Crippen LogP) is 1.27. The highest BCUT2D eigenvalue weighted by molar-refractivity contribution is 7.94. The summed E-state index contributed by atoms with van der Waals surface area (Å²) in [4.78, 5) is 26.2. The fourth-order valence-corrected chi connectivity index (χ4v) is 4.50. The van der Waals surface area contributed by atoms with Gasteiger partial charge in [-0.3, -0.25) is 9.59 Å². The van der Waals surface area contributed by atoms with Crippen LogP contribution >= 0.6 is 11.6 Å². The number of rotatable bonds is 2. The number of hydrogen-bond acceptors (Lipinski definition) is 5. The lowest BCUT2D eigenvalue weighted by Crippen LogP contribution is -2.44. The van der Waals surface area contributed by atoms with E-state index >= 15 is 0 Å². The summed E-state index contributed by atoms with van der Waals surface area (Å²) in [5.41, 5.74) is 0.324. The number of halogens is 1. The Kier molecular flexibility index (Phi) is 4.54. The Hall–Kier alpha value is -1.64. The van der Waals surface area contributed by atoms with E-state index in [-0.39, 0.29) is 40.5 Å². The van der Waals surface area contributed by atoms with Crippen molar-refractivity contribution in [3.05, 3.63) is 28.8 Å². The zero-order chi connectivity index (χ0) is 17.5. The molecule has 0 radical (unpaired) electrons. The Morgan fingerprint density at radius 1 is 1.38 bits per heavy atom. The van der Waals surface area contributed by atoms with Gasteiger partial charge in [-0.15, -0.1) is 0 Å². The number of anilines is 1. The van der Waals surface area contributed by atoms with Crippen LogP contribution in [-0.4, -0.2) is 56.7 Å². The van der Waals surface area contributed by atoms with Crippen molar-refractivity contribution < 1.29 is 22.7 Å². The molecule has 130 valence electrons. The molecule has 24 heavy (non-hydrogen) atoms. The third-order valence-corrected chi connectivity index (χ3v) is 6.04. The monoisotopic (exact) mass is 372 g/mol. The van der Waals surface area contributed by atoms with Gasteiger partial charge in [-0.25, -0.2) is 12.7 Å². The van der Waals surface area contributed by atoms with Crippen LogP contribution in [0.2, 0.25) is 5.02 Å². The number of hydrogen-bond donors (Lipinski definition) is 0. The van der Waals surface area contributed by atoms with Crippen LogP contribution in [0.5, 0.6) is 0 Å². The number of morpholine rings is 1. The fraction of sp³-hybridized carbons (Fsp3) is 0.467. The molecular weight excluding hydrogens is 356 g/mol. The topological polar surface area (TPSA) is 84.0 Å². The number of carbonyl (C=O) groups excluding carboxylic acids is 2. The van der Waals surface area contributed by atoms with Gasteiger partial charge < -0.3 is 9.64 Å². The first kappa shape index (κ1) is 17.2. The molecule has 0 bridgehead atoms. The second-order valence-electron chi connectivity index (χ2n) is 5.82. The van der Waals surface area contributed by atoms with Crippen LogP contribution in [-0.2, 0) is 19.6 Å². The van der Waals surface area contributed by atoms with Crippen molar-refractivity contribution in [2.75, 3.05) is 29.8 Å². The normalized spacial score (nSPS) is 23.6. The van der Waals surface area contributed by atoms with Gasteiger partial charge in [0.1, 0.15) is 0 Å². The molecule has 1 aromatic rings. The van der Waals surface area contributed by atoms with E-state index in [0.717, 1.165) is 4.31 Å². The molecule has 2 heterocycles. The minimum absolute atomic E-state index is 0.0603. The van der Waals surface area contributed by atoms with Gasteiger partial charge in [0.25, 0.3) is 5.91 Å². The minimum atomic E-state index is -3.68. The van der Waals surface area contributed by atoms with Gasteiger partial charge in [0.2, 0.25) is 15.9 Å². The van der Waals surface area contributed by atoms with Crippen LogP contribution in [0.4, 0.5) is 5.69 Å². The second-order valence-corrected chi connectivity index (χ2v) is 8.17. The van der Waals surface area contributed by atoms with Crippen molar-refractivity contribution in [3.63, 3.8) is 0 Å². The van der Waals surface area contributed by atoms with Crippen molar-refractivity contribution in [3.8, 4) is 0 Å². The number of amides is 2. The second kappa shape index (κ2) is 6.34. The number of sulfonamides is 1. The summed E-state index contributed by atoms with van der Waals surface area (Å²) >= 11 is 6.13. The first-order valence-corrected chi connectivity index (χ1v) is 9.54. The number of nitrogens with zero attached hydrogens (tertiary/aromatic N) is 2. The molecule has 2 amide bonds. The molecule has 0 aromatic heterocycles. The Balaban J connectivity index is 1.95. The van der Waals surface area contributed by atoms with Crippen molar-refractivity contribution in [2.45, 2.75) is 19.4 Å². The largest absolute Gasteiger partial charge is 0.375 e. The average Bonchev–Trinajstić information content (AvgIpc) is 2.81. The molecule has 2 aliphatic rings. The van der Waals surface area contributed by atoms with Crippen LogP contribution in [0.15, 0.2) is 18.2 Å². The molecule has 0 spiro atoms. The van der Waals surface area contributed by atoms with Crippen LogP contribution < -0.4 is 4.31 Å². The maximum Gasteiger partial charge on any atom is 0.255 e. The van der Waals surface area contributed by atoms with Crippen molar-refractivity contribution >= 4 is 39.1 Å². The van der Waals surface area contributed by atoms with Gasteiger partial charge in [0.15, 0.2) is 0 Å². The molecule has 9 heteroatoms. The smallest absolute Gasteiger partial charge is 0.255 e. The van der Waals surface area contributed by atoms with Gasteiger partial charge in [0, 0.05) is 19.5 Å². The van der Waals surface area contributed by atoms with Gasteiger partial charge in [-0.1, -0.05) is 11.6 Å². The SMILES string of the molecule is CC1CN(C(=O)c2cc(N3C(=O)CCS3(=O)=O)ccc2Cl)CCO1. The molecule has 0 N–H and O–H groups in total. The first-order chi connectivity index (χ1) is 11.3. The van der Waals surface area contributed by atoms with Crippen LogP contribution in [0.1, 0.15) is 23.7 Å². The fourth-order valence-electron chi connectivity index (χ4n) is 2.85. The summed E-state index contributed by atoms with van der Waals surface area (Å²) < 4.78 is 30.3. The zero-order valence-electron chi connectivity index (χ0n) is 13.1. The summed E-state index contributed by atoms with van der Waals surface area (Å²) in [5.74, 6) is -1.03. The highest BCUT2D eigenvalue weighted by atomic mass is 35.5. The van der Waals surface area contributed by atoms with Crippen LogP contribution in [0.3, 0.4) is 0 Å². The third-order valence-electron chi connectivity index (χ3n) is 4.02. The molecule has 1 unspecified atom stereocenters. The standard InChI is InChI=1S/C15H17ClN2O5S/c1-10-9-17(5-6-23-10)15(20)12-8-11(2-3-13(12)16)18-14(19)4-7-24(18,21)22/h2-3,8,10H,4-7,9H2,1H3. The summed E-state index contributed by atoms with van der Waals surface area (Å²) in [6.07, 6.45) is -0.139. The molecule has 1 atom stereocenters. The van der Waals surface area contributed by atoms with E-state index in [0.29, 0.717) is 19.7 Å². The minimum Gasteiger partial charge on any atom is -0.375 e. The highest BCUT2D eigenvalue weighted by Gasteiger charge is 2.37. The molecule has 2 saturated heterocycles. The molecular formula is C15H17ClN2O5S. The number of ether oxygens (including phenoxy) is 1. The molecule has 1 aromatic carbocycles.